The summed E-state index contributed by atoms with van der Waals surface area (Å²) in [6, 6.07) is 2.39. The highest BCUT2D eigenvalue weighted by atomic mass is 32.1. The number of aryl methyl sites for hydroxylation is 2. The molecule has 0 spiro atoms. The van der Waals surface area contributed by atoms with Gasteiger partial charge >= 0.3 is 0 Å². The Morgan fingerprint density at radius 2 is 2.14 bits per heavy atom. The average Bonchev–Trinajstić information content (AvgIpc) is 2.91. The van der Waals surface area contributed by atoms with E-state index in [-0.39, 0.29) is 17.6 Å². The maximum absolute atomic E-state index is 10.5. The van der Waals surface area contributed by atoms with Crippen LogP contribution in [0.4, 0.5) is 0 Å². The van der Waals surface area contributed by atoms with Gasteiger partial charge in [-0.15, -0.1) is 11.3 Å². The summed E-state index contributed by atoms with van der Waals surface area (Å²) in [7, 11) is 0. The molecule has 4 heteroatoms. The normalized spacial score (nSPS) is 22.1. The van der Waals surface area contributed by atoms with Crippen molar-refractivity contribution < 1.29 is 5.11 Å². The van der Waals surface area contributed by atoms with Crippen molar-refractivity contribution in [2.75, 3.05) is 0 Å². The molecule has 0 saturated heterocycles. The number of hydrogen-bond donors (Lipinski definition) is 1. The monoisotopic (exact) mass is 304 g/mol. The summed E-state index contributed by atoms with van der Waals surface area (Å²) in [5.41, 5.74) is 4.86. The van der Waals surface area contributed by atoms with E-state index < -0.39 is 0 Å². The number of rotatable bonds is 2. The Morgan fingerprint density at radius 1 is 1.43 bits per heavy atom. The molecule has 0 aliphatic heterocycles. The van der Waals surface area contributed by atoms with Crippen LogP contribution in [0.5, 0.6) is 0 Å². The minimum Gasteiger partial charge on any atom is -0.388 e. The van der Waals surface area contributed by atoms with E-state index in [1.807, 2.05) is 6.92 Å². The summed E-state index contributed by atoms with van der Waals surface area (Å²) in [4.78, 5) is 4.65. The van der Waals surface area contributed by atoms with E-state index in [1.54, 1.807) is 11.3 Å². The number of aromatic nitrogens is 2. The van der Waals surface area contributed by atoms with Gasteiger partial charge < -0.3 is 9.67 Å². The zero-order valence-corrected chi connectivity index (χ0v) is 14.3. The third-order valence-corrected chi connectivity index (χ3v) is 5.63. The van der Waals surface area contributed by atoms with E-state index in [1.165, 1.54) is 11.4 Å². The van der Waals surface area contributed by atoms with Crippen LogP contribution in [0.2, 0.25) is 0 Å². The zero-order valence-electron chi connectivity index (χ0n) is 13.5. The lowest BCUT2D eigenvalue weighted by Crippen LogP contribution is -2.27. The molecule has 2 heterocycles. The highest BCUT2D eigenvalue weighted by Gasteiger charge is 2.35. The Bertz CT molecular complexity index is 668. The third kappa shape index (κ3) is 2.55. The molecule has 0 aromatic carbocycles. The topological polar surface area (TPSA) is 38.0 Å². The first kappa shape index (κ1) is 14.8. The van der Waals surface area contributed by atoms with Gasteiger partial charge in [0.1, 0.15) is 5.01 Å². The molecule has 2 unspecified atom stereocenters. The fraction of sp³-hybridized carbons (Fsp3) is 0.588. The Balaban J connectivity index is 2.08. The lowest BCUT2D eigenvalue weighted by molar-refractivity contribution is 0.0977. The molecule has 1 aliphatic carbocycles. The van der Waals surface area contributed by atoms with Crippen molar-refractivity contribution in [3.05, 3.63) is 39.1 Å². The number of aliphatic hydroxyl groups is 1. The molecule has 0 saturated carbocycles. The predicted molar refractivity (Wildman–Crippen MR) is 86.9 cm³/mol. The molecule has 0 amide bonds. The molecule has 1 aliphatic rings. The van der Waals surface area contributed by atoms with Crippen molar-refractivity contribution in [2.24, 2.45) is 5.41 Å². The van der Waals surface area contributed by atoms with E-state index >= 15 is 0 Å². The van der Waals surface area contributed by atoms with E-state index in [4.69, 9.17) is 0 Å². The molecule has 3 rings (SSSR count). The number of aliphatic hydroxyl groups excluding tert-OH is 1. The van der Waals surface area contributed by atoms with Gasteiger partial charge in [0.2, 0.25) is 0 Å². The number of thiazole rings is 1. The third-order valence-electron chi connectivity index (χ3n) is 4.50. The van der Waals surface area contributed by atoms with Gasteiger partial charge in [0, 0.05) is 28.0 Å². The molecule has 0 radical (unpaired) electrons. The van der Waals surface area contributed by atoms with Crippen LogP contribution < -0.4 is 0 Å². The van der Waals surface area contributed by atoms with Crippen molar-refractivity contribution in [1.29, 1.82) is 0 Å². The SMILES string of the molecule is Cc1csc(C(C)n2c(C)cc3c2CC(C)(C)CC3O)n1. The Morgan fingerprint density at radius 3 is 2.76 bits per heavy atom. The maximum Gasteiger partial charge on any atom is 0.115 e. The second-order valence-electron chi connectivity index (χ2n) is 7.12. The molecule has 21 heavy (non-hydrogen) atoms. The number of hydrogen-bond acceptors (Lipinski definition) is 3. The summed E-state index contributed by atoms with van der Waals surface area (Å²) < 4.78 is 2.37. The molecule has 0 fully saturated rings. The molecule has 2 aromatic heterocycles. The van der Waals surface area contributed by atoms with Crippen molar-refractivity contribution in [3.63, 3.8) is 0 Å². The van der Waals surface area contributed by atoms with Crippen molar-refractivity contribution in [1.82, 2.24) is 9.55 Å². The van der Waals surface area contributed by atoms with Gasteiger partial charge in [-0.1, -0.05) is 13.8 Å². The Hall–Kier alpha value is -1.13. The molecule has 2 atom stereocenters. The van der Waals surface area contributed by atoms with Gasteiger partial charge in [0.25, 0.3) is 0 Å². The highest BCUT2D eigenvalue weighted by molar-refractivity contribution is 7.09. The van der Waals surface area contributed by atoms with Crippen LogP contribution in [0.25, 0.3) is 0 Å². The summed E-state index contributed by atoms with van der Waals surface area (Å²) in [6.45, 7) is 10.9. The van der Waals surface area contributed by atoms with Crippen LogP contribution in [-0.2, 0) is 6.42 Å². The van der Waals surface area contributed by atoms with E-state index in [0.29, 0.717) is 0 Å². The first-order valence-electron chi connectivity index (χ1n) is 7.59. The highest BCUT2D eigenvalue weighted by Crippen LogP contribution is 2.43. The summed E-state index contributed by atoms with van der Waals surface area (Å²) in [6.07, 6.45) is 1.52. The first-order valence-corrected chi connectivity index (χ1v) is 8.47. The van der Waals surface area contributed by atoms with Gasteiger partial charge in [0.05, 0.1) is 12.1 Å². The largest absolute Gasteiger partial charge is 0.388 e. The average molecular weight is 304 g/mol. The van der Waals surface area contributed by atoms with E-state index in [9.17, 15) is 5.11 Å². The molecule has 0 bridgehead atoms. The minimum atomic E-state index is -0.339. The fourth-order valence-corrected chi connectivity index (χ4v) is 4.42. The molecule has 114 valence electrons. The molecular formula is C17H24N2OS. The summed E-state index contributed by atoms with van der Waals surface area (Å²) in [5.74, 6) is 0. The first-order chi connectivity index (χ1) is 9.78. The predicted octanol–water partition coefficient (Wildman–Crippen LogP) is 4.18. The Labute approximate surface area is 130 Å². The number of fused-ring (bicyclic) bond motifs is 1. The van der Waals surface area contributed by atoms with Gasteiger partial charge in [-0.25, -0.2) is 4.98 Å². The van der Waals surface area contributed by atoms with Crippen molar-refractivity contribution in [2.45, 2.75) is 59.6 Å². The maximum atomic E-state index is 10.5. The van der Waals surface area contributed by atoms with E-state index in [0.717, 1.165) is 29.1 Å². The van der Waals surface area contributed by atoms with Crippen LogP contribution >= 0.6 is 11.3 Å². The van der Waals surface area contributed by atoms with Gasteiger partial charge in [-0.2, -0.15) is 0 Å². The van der Waals surface area contributed by atoms with Crippen molar-refractivity contribution >= 4 is 11.3 Å². The lowest BCUT2D eigenvalue weighted by atomic mass is 9.75. The summed E-state index contributed by atoms with van der Waals surface area (Å²) >= 11 is 1.72. The van der Waals surface area contributed by atoms with Crippen LogP contribution in [0.15, 0.2) is 11.4 Å². The standard InChI is InChI=1S/C17H24N2OS/c1-10-9-21-16(18-10)12(3)19-11(2)6-13-14(19)7-17(4,5)8-15(13)20/h6,9,12,15,20H,7-8H2,1-5H3. The number of nitrogens with zero attached hydrogens (tertiary/aromatic N) is 2. The van der Waals surface area contributed by atoms with Crippen LogP contribution in [-0.4, -0.2) is 14.7 Å². The van der Waals surface area contributed by atoms with E-state index in [2.05, 4.69) is 48.7 Å². The lowest BCUT2D eigenvalue weighted by Gasteiger charge is -2.34. The van der Waals surface area contributed by atoms with Gasteiger partial charge in [-0.05, 0) is 45.1 Å². The summed E-state index contributed by atoms with van der Waals surface area (Å²) in [5, 5.41) is 13.7. The smallest absolute Gasteiger partial charge is 0.115 e. The molecule has 1 N–H and O–H groups in total. The fourth-order valence-electron chi connectivity index (χ4n) is 3.58. The van der Waals surface area contributed by atoms with Crippen LogP contribution in [0.1, 0.15) is 67.0 Å². The second kappa shape index (κ2) is 4.96. The minimum absolute atomic E-state index is 0.146. The van der Waals surface area contributed by atoms with Gasteiger partial charge in [0.15, 0.2) is 0 Å². The van der Waals surface area contributed by atoms with Crippen molar-refractivity contribution in [3.8, 4) is 0 Å². The Kier molecular flexibility index (Phi) is 3.49. The quantitative estimate of drug-likeness (QED) is 0.904. The zero-order chi connectivity index (χ0) is 15.4. The van der Waals surface area contributed by atoms with Gasteiger partial charge in [-0.3, -0.25) is 0 Å². The molecular weight excluding hydrogens is 280 g/mol. The molecule has 2 aromatic rings. The molecule has 3 nitrogen and oxygen atoms in total. The van der Waals surface area contributed by atoms with Crippen LogP contribution in [0.3, 0.4) is 0 Å². The second-order valence-corrected chi connectivity index (χ2v) is 8.01. The van der Waals surface area contributed by atoms with Crippen LogP contribution in [0, 0.1) is 19.3 Å².